The molecule has 2 aliphatic rings. The van der Waals surface area contributed by atoms with Crippen molar-refractivity contribution < 1.29 is 19.0 Å². The maximum Gasteiger partial charge on any atom is 0.268 e. The minimum Gasteiger partial charge on any atom is -0.389 e. The van der Waals surface area contributed by atoms with E-state index in [2.05, 4.69) is 20.3 Å². The SMILES string of the molecule is CN(C)C(=O)C1=Nc2c(F)cc(-c3nc(N[C@@H]4CCOC[C@H]4O)ncc3Cl)cc2C1(C)C. The number of aliphatic hydroxyl groups is 1. The van der Waals surface area contributed by atoms with Gasteiger partial charge in [0.2, 0.25) is 5.95 Å². The van der Waals surface area contributed by atoms with Crippen LogP contribution in [0.3, 0.4) is 0 Å². The number of hydrogen-bond donors (Lipinski definition) is 2. The van der Waals surface area contributed by atoms with Gasteiger partial charge < -0.3 is 20.1 Å². The summed E-state index contributed by atoms with van der Waals surface area (Å²) in [6, 6.07) is 2.81. The number of halogens is 2. The fourth-order valence-electron chi connectivity index (χ4n) is 3.93. The molecular weight excluding hydrogens is 437 g/mol. The quantitative estimate of drug-likeness (QED) is 0.726. The first-order valence-corrected chi connectivity index (χ1v) is 10.7. The highest BCUT2D eigenvalue weighted by Crippen LogP contribution is 2.44. The molecule has 170 valence electrons. The Morgan fingerprint density at radius 3 is 2.81 bits per heavy atom. The Kier molecular flexibility index (Phi) is 5.91. The summed E-state index contributed by atoms with van der Waals surface area (Å²) in [5.74, 6) is -0.555. The third-order valence-electron chi connectivity index (χ3n) is 5.82. The largest absolute Gasteiger partial charge is 0.389 e. The van der Waals surface area contributed by atoms with E-state index in [-0.39, 0.29) is 40.9 Å². The lowest BCUT2D eigenvalue weighted by Crippen LogP contribution is -2.42. The predicted octanol–water partition coefficient (Wildman–Crippen LogP) is 2.95. The first-order chi connectivity index (χ1) is 15.1. The number of amides is 1. The zero-order valence-corrected chi connectivity index (χ0v) is 19.1. The monoisotopic (exact) mass is 461 g/mol. The van der Waals surface area contributed by atoms with Gasteiger partial charge in [0.1, 0.15) is 17.2 Å². The number of aliphatic hydroxyl groups excluding tert-OH is 1. The second kappa shape index (κ2) is 8.38. The molecule has 0 unspecified atom stereocenters. The summed E-state index contributed by atoms with van der Waals surface area (Å²) < 4.78 is 20.3. The number of nitrogens with zero attached hydrogens (tertiary/aromatic N) is 4. The summed E-state index contributed by atoms with van der Waals surface area (Å²) in [6.07, 6.45) is 1.35. The van der Waals surface area contributed by atoms with E-state index in [0.717, 1.165) is 0 Å². The molecule has 0 spiro atoms. The van der Waals surface area contributed by atoms with E-state index in [1.54, 1.807) is 20.2 Å². The number of hydrogen-bond acceptors (Lipinski definition) is 7. The molecule has 0 bridgehead atoms. The van der Waals surface area contributed by atoms with Crippen LogP contribution in [0, 0.1) is 5.82 Å². The van der Waals surface area contributed by atoms with Crippen molar-refractivity contribution in [2.45, 2.75) is 37.8 Å². The van der Waals surface area contributed by atoms with Gasteiger partial charge in [0, 0.05) is 31.7 Å². The van der Waals surface area contributed by atoms with E-state index in [0.29, 0.717) is 29.8 Å². The molecule has 0 aliphatic carbocycles. The molecule has 2 atom stereocenters. The molecule has 8 nitrogen and oxygen atoms in total. The number of benzene rings is 1. The average Bonchev–Trinajstić information content (AvgIpc) is 3.01. The third-order valence-corrected chi connectivity index (χ3v) is 6.10. The van der Waals surface area contributed by atoms with E-state index >= 15 is 4.39 Å². The number of rotatable bonds is 4. The summed E-state index contributed by atoms with van der Waals surface area (Å²) in [7, 11) is 3.27. The number of carbonyl (C=O) groups is 1. The lowest BCUT2D eigenvalue weighted by Gasteiger charge is -2.28. The van der Waals surface area contributed by atoms with Gasteiger partial charge in [-0.3, -0.25) is 4.79 Å². The van der Waals surface area contributed by atoms with Crippen molar-refractivity contribution in [2.24, 2.45) is 4.99 Å². The molecule has 1 aromatic carbocycles. The molecule has 32 heavy (non-hydrogen) atoms. The fraction of sp³-hybridized carbons (Fsp3) is 0.455. The van der Waals surface area contributed by atoms with Crippen LogP contribution in [0.4, 0.5) is 16.0 Å². The van der Waals surface area contributed by atoms with E-state index in [1.165, 1.54) is 17.2 Å². The van der Waals surface area contributed by atoms with E-state index in [9.17, 15) is 9.90 Å². The van der Waals surface area contributed by atoms with Crippen molar-refractivity contribution in [3.63, 3.8) is 0 Å². The van der Waals surface area contributed by atoms with Crippen molar-refractivity contribution in [3.8, 4) is 11.3 Å². The summed E-state index contributed by atoms with van der Waals surface area (Å²) in [5, 5.41) is 13.5. The van der Waals surface area contributed by atoms with Gasteiger partial charge in [-0.15, -0.1) is 0 Å². The standard InChI is InChI=1S/C22H25ClFN5O3/c1-22(2)12-7-11(8-14(24)18(12)27-19(22)20(31)29(3)4)17-13(23)9-25-21(28-17)26-15-5-6-32-10-16(15)30/h7-9,15-16,30H,5-6,10H2,1-4H3,(H,25,26,28)/t15-,16-/m1/s1. The summed E-state index contributed by atoms with van der Waals surface area (Å²) in [6.45, 7) is 4.43. The Morgan fingerprint density at radius 1 is 1.38 bits per heavy atom. The molecule has 2 aromatic rings. The Balaban J connectivity index is 1.71. The van der Waals surface area contributed by atoms with Gasteiger partial charge in [0.05, 0.1) is 35.7 Å². The smallest absolute Gasteiger partial charge is 0.268 e. The molecule has 1 aromatic heterocycles. The minimum absolute atomic E-state index is 0.151. The number of ether oxygens (including phenoxy) is 1. The Labute approximate surface area is 190 Å². The lowest BCUT2D eigenvalue weighted by atomic mass is 9.80. The van der Waals surface area contributed by atoms with Crippen molar-refractivity contribution in [1.29, 1.82) is 0 Å². The Morgan fingerprint density at radius 2 is 2.12 bits per heavy atom. The van der Waals surface area contributed by atoms with Crippen LogP contribution in [0.15, 0.2) is 23.3 Å². The topological polar surface area (TPSA) is 99.9 Å². The summed E-state index contributed by atoms with van der Waals surface area (Å²) in [5.41, 5.74) is 1.01. The molecule has 2 aliphatic heterocycles. The minimum atomic E-state index is -0.791. The van der Waals surface area contributed by atoms with Crippen molar-refractivity contribution in [1.82, 2.24) is 14.9 Å². The number of aromatic nitrogens is 2. The van der Waals surface area contributed by atoms with E-state index < -0.39 is 17.3 Å². The Hall–Kier alpha value is -2.62. The zero-order valence-electron chi connectivity index (χ0n) is 18.3. The molecule has 0 radical (unpaired) electrons. The fourth-order valence-corrected chi connectivity index (χ4v) is 4.13. The Bertz CT molecular complexity index is 1110. The molecular formula is C22H25ClFN5O3. The van der Waals surface area contributed by atoms with Gasteiger partial charge in [0.15, 0.2) is 0 Å². The van der Waals surface area contributed by atoms with Crippen LogP contribution in [0.1, 0.15) is 25.8 Å². The molecule has 3 heterocycles. The van der Waals surface area contributed by atoms with Crippen LogP contribution in [-0.2, 0) is 14.9 Å². The highest BCUT2D eigenvalue weighted by atomic mass is 35.5. The molecule has 1 amide bonds. The number of carbonyl (C=O) groups excluding carboxylic acids is 1. The van der Waals surface area contributed by atoms with Crippen molar-refractivity contribution >= 4 is 34.9 Å². The summed E-state index contributed by atoms with van der Waals surface area (Å²) >= 11 is 6.36. The first-order valence-electron chi connectivity index (χ1n) is 10.3. The average molecular weight is 462 g/mol. The lowest BCUT2D eigenvalue weighted by molar-refractivity contribution is -0.122. The van der Waals surface area contributed by atoms with E-state index in [1.807, 2.05) is 13.8 Å². The predicted molar refractivity (Wildman–Crippen MR) is 120 cm³/mol. The zero-order chi connectivity index (χ0) is 23.2. The van der Waals surface area contributed by atoms with Crippen molar-refractivity contribution in [2.75, 3.05) is 32.6 Å². The molecule has 4 rings (SSSR count). The van der Waals surface area contributed by atoms with Gasteiger partial charge >= 0.3 is 0 Å². The molecule has 10 heteroatoms. The van der Waals surface area contributed by atoms with Crippen LogP contribution < -0.4 is 5.32 Å². The van der Waals surface area contributed by atoms with Crippen LogP contribution >= 0.6 is 11.6 Å². The highest BCUT2D eigenvalue weighted by Gasteiger charge is 2.41. The number of fused-ring (bicyclic) bond motifs is 1. The molecule has 0 saturated carbocycles. The highest BCUT2D eigenvalue weighted by molar-refractivity contribution is 6.43. The van der Waals surface area contributed by atoms with Gasteiger partial charge in [-0.25, -0.2) is 19.4 Å². The number of aliphatic imine (C=N–C) groups is 1. The van der Waals surface area contributed by atoms with Gasteiger partial charge in [0.25, 0.3) is 5.91 Å². The van der Waals surface area contributed by atoms with Gasteiger partial charge in [-0.1, -0.05) is 11.6 Å². The molecule has 2 N–H and O–H groups in total. The van der Waals surface area contributed by atoms with Crippen LogP contribution in [0.25, 0.3) is 11.3 Å². The van der Waals surface area contributed by atoms with Crippen LogP contribution in [0.5, 0.6) is 0 Å². The van der Waals surface area contributed by atoms with Crippen LogP contribution in [-0.4, -0.2) is 71.0 Å². The molecule has 1 fully saturated rings. The number of nitrogens with one attached hydrogen (secondary N) is 1. The molecule has 1 saturated heterocycles. The maximum absolute atomic E-state index is 15.1. The maximum atomic E-state index is 15.1. The second-order valence-corrected chi connectivity index (χ2v) is 9.12. The van der Waals surface area contributed by atoms with Crippen molar-refractivity contribution in [3.05, 3.63) is 34.7 Å². The van der Waals surface area contributed by atoms with Gasteiger partial charge in [-0.05, 0) is 38.0 Å². The van der Waals surface area contributed by atoms with Crippen LogP contribution in [0.2, 0.25) is 5.02 Å². The second-order valence-electron chi connectivity index (χ2n) is 8.71. The normalized spacial score (nSPS) is 21.7. The van der Waals surface area contributed by atoms with E-state index in [4.69, 9.17) is 16.3 Å². The first kappa shape index (κ1) is 22.6. The third kappa shape index (κ3) is 3.96. The van der Waals surface area contributed by atoms with Gasteiger partial charge in [-0.2, -0.15) is 0 Å². The summed E-state index contributed by atoms with van der Waals surface area (Å²) in [4.78, 5) is 27.0. The number of anilines is 1.